The van der Waals surface area contributed by atoms with Crippen LogP contribution in [-0.4, -0.2) is 33.3 Å². The third kappa shape index (κ3) is 5.81. The van der Waals surface area contributed by atoms with Crippen LogP contribution < -0.4 is 0 Å². The van der Waals surface area contributed by atoms with E-state index < -0.39 is 11.5 Å². The molecule has 3 nitrogen and oxygen atoms in total. The van der Waals surface area contributed by atoms with Gasteiger partial charge in [-0.3, -0.25) is 4.79 Å². The molecule has 0 saturated heterocycles. The van der Waals surface area contributed by atoms with Gasteiger partial charge in [-0.25, -0.2) is 0 Å². The van der Waals surface area contributed by atoms with Crippen LogP contribution in [0.15, 0.2) is 47.6 Å². The summed E-state index contributed by atoms with van der Waals surface area (Å²) in [5.74, 6) is 2.50. The summed E-state index contributed by atoms with van der Waals surface area (Å²) in [6, 6.07) is 0. The van der Waals surface area contributed by atoms with E-state index in [2.05, 4.69) is 45.6 Å². The average molecular weight is 513 g/mol. The van der Waals surface area contributed by atoms with E-state index in [1.54, 1.807) is 5.57 Å². The lowest BCUT2D eigenvalue weighted by Gasteiger charge is -2.44. The summed E-state index contributed by atoms with van der Waals surface area (Å²) in [7, 11) is 0. The molecule has 0 aromatic heterocycles. The molecule has 6 unspecified atom stereocenters. The number of hydrogen-bond acceptors (Lipinski definition) is 4. The standard InChI is InChI=1S/C32H48O3S/c1-5-6-20-36-30(35)32(18-19-32)29(34)16-10-22(2)26-14-15-27-25(8-7-17-31(26,27)4)13-12-24-11-9-23(3)28(33)21-24/h10,12-13,16,22,26-29,33-34H,3,5-9,11,14-15,17-21H2,1-2,4H3/b16-10+,24-12-,25-13+. The van der Waals surface area contributed by atoms with E-state index in [9.17, 15) is 15.0 Å². The van der Waals surface area contributed by atoms with Gasteiger partial charge in [0.05, 0.1) is 17.6 Å². The Morgan fingerprint density at radius 2 is 1.94 bits per heavy atom. The van der Waals surface area contributed by atoms with Crippen LogP contribution in [0.2, 0.25) is 0 Å². The predicted octanol–water partition coefficient (Wildman–Crippen LogP) is 7.55. The van der Waals surface area contributed by atoms with Gasteiger partial charge in [-0.15, -0.1) is 0 Å². The third-order valence-electron chi connectivity index (χ3n) is 9.99. The number of unbranched alkanes of at least 4 members (excludes halogenated alkanes) is 1. The van der Waals surface area contributed by atoms with Crippen molar-refractivity contribution in [2.75, 3.05) is 5.75 Å². The molecule has 0 aromatic carbocycles. The van der Waals surface area contributed by atoms with E-state index in [1.165, 1.54) is 49.4 Å². The average Bonchev–Trinajstić information content (AvgIpc) is 3.59. The molecular formula is C32H48O3S. The van der Waals surface area contributed by atoms with Crippen LogP contribution in [0, 0.1) is 28.6 Å². The van der Waals surface area contributed by atoms with Crippen LogP contribution in [-0.2, 0) is 4.79 Å². The molecule has 0 radical (unpaired) electrons. The molecule has 0 heterocycles. The highest BCUT2D eigenvalue weighted by molar-refractivity contribution is 8.13. The largest absolute Gasteiger partial charge is 0.388 e. The van der Waals surface area contributed by atoms with Crippen molar-refractivity contribution >= 4 is 16.9 Å². The summed E-state index contributed by atoms with van der Waals surface area (Å²) in [5, 5.41) is 21.3. The minimum atomic E-state index is -0.651. The zero-order chi connectivity index (χ0) is 25.9. The molecule has 0 aliphatic heterocycles. The van der Waals surface area contributed by atoms with Gasteiger partial charge in [0.15, 0.2) is 5.12 Å². The molecule has 0 amide bonds. The fourth-order valence-corrected chi connectivity index (χ4v) is 8.54. The quantitative estimate of drug-likeness (QED) is 0.247. The number of carbonyl (C=O) groups excluding carboxylic acids is 1. The molecule has 4 aliphatic rings. The van der Waals surface area contributed by atoms with Crippen LogP contribution in [0.5, 0.6) is 0 Å². The monoisotopic (exact) mass is 512 g/mol. The molecule has 6 atom stereocenters. The Kier molecular flexibility index (Phi) is 9.11. The van der Waals surface area contributed by atoms with E-state index in [1.807, 2.05) is 6.08 Å². The van der Waals surface area contributed by atoms with Crippen LogP contribution >= 0.6 is 11.8 Å². The lowest BCUT2D eigenvalue weighted by Crippen LogP contribution is -2.35. The normalized spacial score (nSPS) is 35.8. The number of allylic oxidation sites excluding steroid dienone is 4. The maximum absolute atomic E-state index is 12.8. The number of carbonyl (C=O) groups is 1. The van der Waals surface area contributed by atoms with Crippen molar-refractivity contribution in [2.24, 2.45) is 28.6 Å². The molecule has 4 heteroatoms. The smallest absolute Gasteiger partial charge is 0.198 e. The van der Waals surface area contributed by atoms with Crippen molar-refractivity contribution < 1.29 is 15.0 Å². The Morgan fingerprint density at radius 3 is 2.64 bits per heavy atom. The predicted molar refractivity (Wildman–Crippen MR) is 152 cm³/mol. The second-order valence-electron chi connectivity index (χ2n) is 12.4. The van der Waals surface area contributed by atoms with E-state index in [-0.39, 0.29) is 11.2 Å². The highest BCUT2D eigenvalue weighted by Gasteiger charge is 2.54. The maximum atomic E-state index is 12.8. The number of hydrogen-bond donors (Lipinski definition) is 2. The van der Waals surface area contributed by atoms with Gasteiger partial charge in [-0.05, 0) is 99.4 Å². The van der Waals surface area contributed by atoms with E-state index in [4.69, 9.17) is 0 Å². The van der Waals surface area contributed by atoms with Gasteiger partial charge in [-0.1, -0.05) is 81.0 Å². The molecule has 2 N–H and O–H groups in total. The second kappa shape index (κ2) is 11.7. The topological polar surface area (TPSA) is 57.5 Å². The van der Waals surface area contributed by atoms with Crippen molar-refractivity contribution in [3.8, 4) is 0 Å². The first-order valence-electron chi connectivity index (χ1n) is 14.5. The van der Waals surface area contributed by atoms with Crippen LogP contribution in [0.4, 0.5) is 0 Å². The van der Waals surface area contributed by atoms with E-state index in [0.29, 0.717) is 23.2 Å². The Balaban J connectivity index is 1.39. The maximum Gasteiger partial charge on any atom is 0.198 e. The van der Waals surface area contributed by atoms with Crippen LogP contribution in [0.1, 0.15) is 97.8 Å². The van der Waals surface area contributed by atoms with Gasteiger partial charge in [0.25, 0.3) is 0 Å². The highest BCUT2D eigenvalue weighted by atomic mass is 32.2. The van der Waals surface area contributed by atoms with Crippen molar-refractivity contribution in [1.29, 1.82) is 0 Å². The van der Waals surface area contributed by atoms with Crippen molar-refractivity contribution in [3.63, 3.8) is 0 Å². The van der Waals surface area contributed by atoms with E-state index in [0.717, 1.165) is 56.3 Å². The number of rotatable bonds is 9. The SMILES string of the molecule is C=C1CC/C(=C/C=C2\CCCC3(C)C2CCC3C(C)/C=C/C(O)C2(C(=O)SCCCC)CC2)CC1O. The zero-order valence-corrected chi connectivity index (χ0v) is 23.6. The van der Waals surface area contributed by atoms with Crippen LogP contribution in [0.3, 0.4) is 0 Å². The van der Waals surface area contributed by atoms with Gasteiger partial charge in [-0.2, -0.15) is 0 Å². The lowest BCUT2D eigenvalue weighted by atomic mass is 9.61. The number of aliphatic hydroxyl groups excluding tert-OH is 2. The zero-order valence-electron chi connectivity index (χ0n) is 22.8. The summed E-state index contributed by atoms with van der Waals surface area (Å²) in [6.07, 6.45) is 20.5. The van der Waals surface area contributed by atoms with E-state index >= 15 is 0 Å². The van der Waals surface area contributed by atoms with Gasteiger partial charge >= 0.3 is 0 Å². The molecule has 0 bridgehead atoms. The molecule has 0 aromatic rings. The molecule has 200 valence electrons. The first-order valence-corrected chi connectivity index (χ1v) is 15.5. The summed E-state index contributed by atoms with van der Waals surface area (Å²) in [6.45, 7) is 11.0. The molecule has 4 rings (SSSR count). The molecule has 36 heavy (non-hydrogen) atoms. The van der Waals surface area contributed by atoms with Crippen molar-refractivity contribution in [2.45, 2.75) is 110 Å². The minimum Gasteiger partial charge on any atom is -0.388 e. The van der Waals surface area contributed by atoms with Crippen molar-refractivity contribution in [1.82, 2.24) is 0 Å². The molecule has 4 fully saturated rings. The molecule has 0 spiro atoms. The fraction of sp³-hybridized carbons (Fsp3) is 0.719. The summed E-state index contributed by atoms with van der Waals surface area (Å²) >= 11 is 1.43. The Bertz CT molecular complexity index is 910. The summed E-state index contributed by atoms with van der Waals surface area (Å²) in [5.41, 5.74) is 3.69. The highest BCUT2D eigenvalue weighted by Crippen LogP contribution is 2.60. The Labute approximate surface area is 223 Å². The fourth-order valence-electron chi connectivity index (χ4n) is 7.31. The summed E-state index contributed by atoms with van der Waals surface area (Å²) < 4.78 is 0. The number of aliphatic hydroxyl groups is 2. The van der Waals surface area contributed by atoms with Crippen LogP contribution in [0.25, 0.3) is 0 Å². The molecule has 4 aliphatic carbocycles. The van der Waals surface area contributed by atoms with Gasteiger partial charge in [0.2, 0.25) is 0 Å². The van der Waals surface area contributed by atoms with Gasteiger partial charge in [0, 0.05) is 5.75 Å². The molecular weight excluding hydrogens is 464 g/mol. The first-order chi connectivity index (χ1) is 17.2. The number of fused-ring (bicyclic) bond motifs is 1. The Hall–Kier alpha value is -1.10. The number of thioether (sulfide) groups is 1. The third-order valence-corrected chi connectivity index (χ3v) is 11.2. The lowest BCUT2D eigenvalue weighted by molar-refractivity contribution is -0.118. The minimum absolute atomic E-state index is 0.194. The van der Waals surface area contributed by atoms with Gasteiger partial charge in [0.1, 0.15) is 0 Å². The van der Waals surface area contributed by atoms with Crippen molar-refractivity contribution in [3.05, 3.63) is 47.6 Å². The first kappa shape index (κ1) is 27.9. The molecule has 4 saturated carbocycles. The second-order valence-corrected chi connectivity index (χ2v) is 13.4. The summed E-state index contributed by atoms with van der Waals surface area (Å²) in [4.78, 5) is 12.8. The van der Waals surface area contributed by atoms with Gasteiger partial charge < -0.3 is 10.2 Å². The Morgan fingerprint density at radius 1 is 1.17 bits per heavy atom.